The van der Waals surface area contributed by atoms with E-state index in [1.165, 1.54) is 0 Å². The fourth-order valence-corrected chi connectivity index (χ4v) is 4.28. The Morgan fingerprint density at radius 3 is 2.74 bits per heavy atom. The number of piperidine rings is 1. The molecule has 0 spiro atoms. The molecule has 1 N–H and O–H groups in total. The second kappa shape index (κ2) is 9.37. The lowest BCUT2D eigenvalue weighted by Gasteiger charge is -2.33. The SMILES string of the molecule is COCCCCCN1CCCC(NS(=O)(=O)c2ccccc2)C1. The Labute approximate surface area is 140 Å². The van der Waals surface area contributed by atoms with Gasteiger partial charge in [-0.1, -0.05) is 18.2 Å². The van der Waals surface area contributed by atoms with E-state index in [0.29, 0.717) is 4.90 Å². The van der Waals surface area contributed by atoms with Gasteiger partial charge in [0.2, 0.25) is 10.0 Å². The fourth-order valence-electron chi connectivity index (χ4n) is 3.00. The van der Waals surface area contributed by atoms with Crippen LogP contribution in [0.2, 0.25) is 0 Å². The Morgan fingerprint density at radius 1 is 1.22 bits per heavy atom. The van der Waals surface area contributed by atoms with Crippen LogP contribution in [0.4, 0.5) is 0 Å². The molecule has 0 bridgehead atoms. The van der Waals surface area contributed by atoms with Gasteiger partial charge < -0.3 is 9.64 Å². The summed E-state index contributed by atoms with van der Waals surface area (Å²) in [6.45, 7) is 3.72. The summed E-state index contributed by atoms with van der Waals surface area (Å²) in [4.78, 5) is 2.71. The number of methoxy groups -OCH3 is 1. The predicted octanol–water partition coefficient (Wildman–Crippen LogP) is 2.25. The van der Waals surface area contributed by atoms with Crippen LogP contribution in [-0.2, 0) is 14.8 Å². The topological polar surface area (TPSA) is 58.6 Å². The first-order valence-electron chi connectivity index (χ1n) is 8.40. The van der Waals surface area contributed by atoms with Crippen LogP contribution in [0.3, 0.4) is 0 Å². The molecule has 1 aliphatic rings. The highest BCUT2D eigenvalue weighted by Gasteiger charge is 2.24. The summed E-state index contributed by atoms with van der Waals surface area (Å²) in [5, 5.41) is 0. The van der Waals surface area contributed by atoms with Crippen molar-refractivity contribution >= 4 is 10.0 Å². The van der Waals surface area contributed by atoms with Gasteiger partial charge in [-0.05, 0) is 57.3 Å². The van der Waals surface area contributed by atoms with E-state index in [-0.39, 0.29) is 6.04 Å². The fraction of sp³-hybridized carbons (Fsp3) is 0.647. The lowest BCUT2D eigenvalue weighted by Crippen LogP contribution is -2.47. The Morgan fingerprint density at radius 2 is 2.00 bits per heavy atom. The molecular formula is C17H28N2O3S. The molecule has 23 heavy (non-hydrogen) atoms. The van der Waals surface area contributed by atoms with Gasteiger partial charge in [0.15, 0.2) is 0 Å². The van der Waals surface area contributed by atoms with Gasteiger partial charge in [-0.2, -0.15) is 0 Å². The number of likely N-dealkylation sites (tertiary alicyclic amines) is 1. The summed E-state index contributed by atoms with van der Waals surface area (Å²) >= 11 is 0. The summed E-state index contributed by atoms with van der Waals surface area (Å²) in [5.74, 6) is 0. The van der Waals surface area contributed by atoms with Gasteiger partial charge in [-0.25, -0.2) is 13.1 Å². The lowest BCUT2D eigenvalue weighted by molar-refractivity contribution is 0.180. The van der Waals surface area contributed by atoms with Crippen LogP contribution < -0.4 is 4.72 Å². The molecule has 1 saturated heterocycles. The van der Waals surface area contributed by atoms with E-state index in [0.717, 1.165) is 58.3 Å². The molecule has 1 heterocycles. The quantitative estimate of drug-likeness (QED) is 0.701. The number of hydrogen-bond donors (Lipinski definition) is 1. The monoisotopic (exact) mass is 340 g/mol. The van der Waals surface area contributed by atoms with Gasteiger partial charge in [0, 0.05) is 26.3 Å². The molecule has 2 rings (SSSR count). The second-order valence-corrected chi connectivity index (χ2v) is 7.84. The molecule has 0 radical (unpaired) electrons. The Bertz CT molecular complexity index is 548. The van der Waals surface area contributed by atoms with E-state index < -0.39 is 10.0 Å². The molecule has 1 aromatic carbocycles. The highest BCUT2D eigenvalue weighted by atomic mass is 32.2. The van der Waals surface area contributed by atoms with Crippen molar-refractivity contribution in [1.29, 1.82) is 0 Å². The molecule has 1 aromatic rings. The minimum Gasteiger partial charge on any atom is -0.385 e. The molecule has 1 atom stereocenters. The van der Waals surface area contributed by atoms with Crippen LogP contribution in [0.15, 0.2) is 35.2 Å². The molecule has 6 heteroatoms. The van der Waals surface area contributed by atoms with Crippen LogP contribution >= 0.6 is 0 Å². The normalized spacial score (nSPS) is 19.8. The van der Waals surface area contributed by atoms with Crippen molar-refractivity contribution in [1.82, 2.24) is 9.62 Å². The number of hydrogen-bond acceptors (Lipinski definition) is 4. The Balaban J connectivity index is 1.79. The van der Waals surface area contributed by atoms with E-state index in [1.807, 2.05) is 6.07 Å². The third kappa shape index (κ3) is 6.22. The first-order chi connectivity index (χ1) is 11.1. The molecule has 0 aliphatic carbocycles. The van der Waals surface area contributed by atoms with Crippen LogP contribution in [0.5, 0.6) is 0 Å². The number of rotatable bonds is 9. The number of nitrogens with zero attached hydrogens (tertiary/aromatic N) is 1. The van der Waals surface area contributed by atoms with Gasteiger partial charge >= 0.3 is 0 Å². The van der Waals surface area contributed by atoms with Crippen molar-refractivity contribution in [3.63, 3.8) is 0 Å². The van der Waals surface area contributed by atoms with E-state index in [4.69, 9.17) is 4.74 Å². The van der Waals surface area contributed by atoms with Crippen molar-refractivity contribution in [3.8, 4) is 0 Å². The average molecular weight is 340 g/mol. The van der Waals surface area contributed by atoms with Crippen molar-refractivity contribution in [2.24, 2.45) is 0 Å². The zero-order valence-electron chi connectivity index (χ0n) is 13.9. The maximum atomic E-state index is 12.4. The summed E-state index contributed by atoms with van der Waals surface area (Å²) in [6.07, 6.45) is 5.34. The van der Waals surface area contributed by atoms with Gasteiger partial charge in [-0.3, -0.25) is 0 Å². The zero-order chi connectivity index (χ0) is 16.5. The number of sulfonamides is 1. The highest BCUT2D eigenvalue weighted by Crippen LogP contribution is 2.15. The first kappa shape index (κ1) is 18.4. The molecule has 5 nitrogen and oxygen atoms in total. The zero-order valence-corrected chi connectivity index (χ0v) is 14.7. The largest absolute Gasteiger partial charge is 0.385 e. The highest BCUT2D eigenvalue weighted by molar-refractivity contribution is 7.89. The molecule has 0 aromatic heterocycles. The minimum atomic E-state index is -3.41. The van der Waals surface area contributed by atoms with E-state index in [9.17, 15) is 8.42 Å². The van der Waals surface area contributed by atoms with E-state index >= 15 is 0 Å². The molecule has 1 aliphatic heterocycles. The second-order valence-electron chi connectivity index (χ2n) is 6.13. The van der Waals surface area contributed by atoms with Crippen molar-refractivity contribution < 1.29 is 13.2 Å². The van der Waals surface area contributed by atoms with Crippen LogP contribution in [0, 0.1) is 0 Å². The number of benzene rings is 1. The predicted molar refractivity (Wildman–Crippen MR) is 92.0 cm³/mol. The Kier molecular flexibility index (Phi) is 7.49. The third-order valence-corrected chi connectivity index (χ3v) is 5.74. The van der Waals surface area contributed by atoms with E-state index in [2.05, 4.69) is 9.62 Å². The number of unbranched alkanes of at least 4 members (excludes halogenated alkanes) is 2. The first-order valence-corrected chi connectivity index (χ1v) is 9.89. The Hall–Kier alpha value is -0.950. The third-order valence-electron chi connectivity index (χ3n) is 4.20. The summed E-state index contributed by atoms with van der Waals surface area (Å²) in [6, 6.07) is 8.61. The molecule has 1 unspecified atom stereocenters. The minimum absolute atomic E-state index is 0.00734. The van der Waals surface area contributed by atoms with Gasteiger partial charge in [0.05, 0.1) is 4.90 Å². The van der Waals surface area contributed by atoms with Crippen LogP contribution in [0.25, 0.3) is 0 Å². The van der Waals surface area contributed by atoms with E-state index in [1.54, 1.807) is 31.4 Å². The maximum absolute atomic E-state index is 12.4. The smallest absolute Gasteiger partial charge is 0.240 e. The van der Waals surface area contributed by atoms with Gasteiger partial charge in [-0.15, -0.1) is 0 Å². The molecule has 130 valence electrons. The summed E-state index contributed by atoms with van der Waals surface area (Å²) in [5.41, 5.74) is 0. The van der Waals surface area contributed by atoms with Crippen molar-refractivity contribution in [2.75, 3.05) is 33.4 Å². The standard InChI is InChI=1S/C17H28N2O3S/c1-22-14-7-3-6-12-19-13-8-9-16(15-19)18-23(20,21)17-10-4-2-5-11-17/h2,4-5,10-11,16,18H,3,6-9,12-15H2,1H3. The number of nitrogens with one attached hydrogen (secondary N) is 1. The maximum Gasteiger partial charge on any atom is 0.240 e. The van der Waals surface area contributed by atoms with Crippen molar-refractivity contribution in [2.45, 2.75) is 43.0 Å². The van der Waals surface area contributed by atoms with Crippen LogP contribution in [-0.4, -0.2) is 52.7 Å². The molecular weight excluding hydrogens is 312 g/mol. The van der Waals surface area contributed by atoms with Crippen molar-refractivity contribution in [3.05, 3.63) is 30.3 Å². The number of ether oxygens (including phenoxy) is 1. The summed E-state index contributed by atoms with van der Waals surface area (Å²) in [7, 11) is -1.68. The molecule has 1 fully saturated rings. The van der Waals surface area contributed by atoms with Crippen LogP contribution in [0.1, 0.15) is 32.1 Å². The average Bonchev–Trinajstić information content (AvgIpc) is 2.55. The molecule has 0 amide bonds. The lowest BCUT2D eigenvalue weighted by atomic mass is 10.1. The van der Waals surface area contributed by atoms with Gasteiger partial charge in [0.25, 0.3) is 0 Å². The molecule has 0 saturated carbocycles. The van der Waals surface area contributed by atoms with Gasteiger partial charge in [0.1, 0.15) is 0 Å². The summed E-state index contributed by atoms with van der Waals surface area (Å²) < 4.78 is 32.7.